The Morgan fingerprint density at radius 2 is 1.29 bits per heavy atom. The Hall–Kier alpha value is -2.81. The lowest BCUT2D eigenvalue weighted by molar-refractivity contribution is -0.143. The van der Waals surface area contributed by atoms with Crippen molar-refractivity contribution in [1.29, 1.82) is 0 Å². The summed E-state index contributed by atoms with van der Waals surface area (Å²) >= 11 is 0. The quantitative estimate of drug-likeness (QED) is 0.0820. The molecule has 0 aliphatic carbocycles. The molecule has 0 rings (SSSR count). The molecule has 0 radical (unpaired) electrons. The van der Waals surface area contributed by atoms with Crippen LogP contribution in [0.3, 0.4) is 0 Å². The second-order valence-electron chi connectivity index (χ2n) is 8.30. The summed E-state index contributed by atoms with van der Waals surface area (Å²) in [6.07, 6.45) is 0.474. The number of hydrogen-bond donors (Lipinski definition) is 9. The number of hydrogen-bond acceptors (Lipinski definition) is 9. The van der Waals surface area contributed by atoms with Crippen LogP contribution in [0, 0.1) is 0 Å². The highest BCUT2D eigenvalue weighted by Gasteiger charge is 2.32. The van der Waals surface area contributed by atoms with Gasteiger partial charge in [0.05, 0.1) is 12.1 Å². The normalized spacial score (nSPS) is 15.2. The van der Waals surface area contributed by atoms with Crippen LogP contribution < -0.4 is 33.2 Å². The van der Waals surface area contributed by atoms with Crippen LogP contribution in [0.5, 0.6) is 0 Å². The first kappa shape index (κ1) is 32.2. The minimum atomic E-state index is -1.48. The van der Waals surface area contributed by atoms with Crippen molar-refractivity contribution in [2.75, 3.05) is 13.1 Å². The minimum absolute atomic E-state index is 0.0964. The number of carbonyl (C=O) groups excluding carboxylic acids is 3. The standard InChI is InChI=1S/C21H40N6O8/c1-12(28)17(27-18(31)13(24)6-2-4-10-22)20(33)25-14(7-3-5-11-23)19(32)26-15(21(34)35)8-9-16(29)30/h12-15,17,28H,2-11,22-24H2,1H3,(H,25,33)(H,26,32)(H,27,31)(H,29,30)(H,34,35). The summed E-state index contributed by atoms with van der Waals surface area (Å²) in [5.41, 5.74) is 16.7. The van der Waals surface area contributed by atoms with E-state index in [0.29, 0.717) is 45.2 Å². The number of carboxylic acids is 2. The summed E-state index contributed by atoms with van der Waals surface area (Å²) in [5.74, 6) is -5.03. The molecule has 0 saturated carbocycles. The van der Waals surface area contributed by atoms with Crippen LogP contribution in [0.25, 0.3) is 0 Å². The molecule has 14 heteroatoms. The van der Waals surface area contributed by atoms with Gasteiger partial charge in [0.2, 0.25) is 17.7 Å². The lowest BCUT2D eigenvalue weighted by atomic mass is 10.0. The predicted octanol–water partition coefficient (Wildman–Crippen LogP) is -2.64. The fourth-order valence-corrected chi connectivity index (χ4v) is 3.13. The van der Waals surface area contributed by atoms with Crippen molar-refractivity contribution in [2.45, 2.75) is 88.6 Å². The first-order valence-electron chi connectivity index (χ1n) is 11.6. The molecule has 0 bridgehead atoms. The van der Waals surface area contributed by atoms with Gasteiger partial charge in [-0.3, -0.25) is 19.2 Å². The Balaban J connectivity index is 5.38. The first-order chi connectivity index (χ1) is 16.4. The average Bonchev–Trinajstić information content (AvgIpc) is 2.78. The van der Waals surface area contributed by atoms with Crippen LogP contribution >= 0.6 is 0 Å². The van der Waals surface area contributed by atoms with Crippen LogP contribution in [0.4, 0.5) is 0 Å². The van der Waals surface area contributed by atoms with Gasteiger partial charge in [-0.25, -0.2) is 4.79 Å². The third-order valence-corrected chi connectivity index (χ3v) is 5.21. The molecule has 0 aliphatic rings. The summed E-state index contributed by atoms with van der Waals surface area (Å²) in [5, 5.41) is 35.2. The molecule has 0 heterocycles. The van der Waals surface area contributed by atoms with Crippen molar-refractivity contribution < 1.29 is 39.3 Å². The van der Waals surface area contributed by atoms with E-state index >= 15 is 0 Å². The SMILES string of the molecule is CC(O)C(NC(=O)C(N)CCCCN)C(=O)NC(CCCCN)C(=O)NC(CCC(=O)O)C(=O)O. The van der Waals surface area contributed by atoms with Crippen LogP contribution in [-0.4, -0.2) is 88.3 Å². The van der Waals surface area contributed by atoms with Crippen molar-refractivity contribution in [3.63, 3.8) is 0 Å². The minimum Gasteiger partial charge on any atom is -0.481 e. The van der Waals surface area contributed by atoms with E-state index in [9.17, 15) is 34.2 Å². The molecule has 14 nitrogen and oxygen atoms in total. The van der Waals surface area contributed by atoms with Crippen molar-refractivity contribution >= 4 is 29.7 Å². The lowest BCUT2D eigenvalue weighted by Crippen LogP contribution is -2.59. The number of nitrogens with one attached hydrogen (secondary N) is 3. The van der Waals surface area contributed by atoms with Crippen LogP contribution in [0.15, 0.2) is 0 Å². The smallest absolute Gasteiger partial charge is 0.326 e. The largest absolute Gasteiger partial charge is 0.481 e. The molecule has 3 amide bonds. The number of aliphatic hydroxyl groups is 1. The van der Waals surface area contributed by atoms with Gasteiger partial charge < -0.3 is 48.5 Å². The van der Waals surface area contributed by atoms with E-state index < -0.39 is 66.4 Å². The molecule has 5 unspecified atom stereocenters. The van der Waals surface area contributed by atoms with Gasteiger partial charge in [-0.1, -0.05) is 6.42 Å². The Kier molecular flexibility index (Phi) is 16.2. The number of unbranched alkanes of at least 4 members (excludes halogenated alkanes) is 2. The van der Waals surface area contributed by atoms with Crippen molar-refractivity contribution in [3.8, 4) is 0 Å². The zero-order valence-electron chi connectivity index (χ0n) is 20.1. The maximum atomic E-state index is 12.8. The monoisotopic (exact) mass is 504 g/mol. The van der Waals surface area contributed by atoms with Gasteiger partial charge in [-0.2, -0.15) is 0 Å². The number of aliphatic carboxylic acids is 2. The molecule has 12 N–H and O–H groups in total. The molecule has 0 fully saturated rings. The molecule has 0 aromatic carbocycles. The number of nitrogens with two attached hydrogens (primary N) is 3. The van der Waals surface area contributed by atoms with Gasteiger partial charge in [0.1, 0.15) is 18.1 Å². The highest BCUT2D eigenvalue weighted by Crippen LogP contribution is 2.06. The number of amides is 3. The second kappa shape index (κ2) is 17.6. The van der Waals surface area contributed by atoms with Gasteiger partial charge in [0.25, 0.3) is 0 Å². The van der Waals surface area contributed by atoms with Gasteiger partial charge in [0.15, 0.2) is 0 Å². The van der Waals surface area contributed by atoms with Gasteiger partial charge in [-0.05, 0) is 58.5 Å². The molecule has 0 spiro atoms. The van der Waals surface area contributed by atoms with Gasteiger partial charge in [-0.15, -0.1) is 0 Å². The molecule has 5 atom stereocenters. The molecule has 0 aromatic rings. The molecule has 35 heavy (non-hydrogen) atoms. The molecule has 0 saturated heterocycles. The van der Waals surface area contributed by atoms with E-state index in [1.165, 1.54) is 6.92 Å². The van der Waals surface area contributed by atoms with E-state index in [2.05, 4.69) is 16.0 Å². The zero-order valence-corrected chi connectivity index (χ0v) is 20.1. The molecule has 0 aromatic heterocycles. The van der Waals surface area contributed by atoms with Gasteiger partial charge in [0, 0.05) is 6.42 Å². The molecular formula is C21H40N6O8. The molecular weight excluding hydrogens is 464 g/mol. The topological polar surface area (TPSA) is 260 Å². The van der Waals surface area contributed by atoms with E-state index in [0.717, 1.165) is 0 Å². The van der Waals surface area contributed by atoms with Crippen molar-refractivity contribution in [1.82, 2.24) is 16.0 Å². The highest BCUT2D eigenvalue weighted by atomic mass is 16.4. The number of carbonyl (C=O) groups is 5. The number of rotatable bonds is 19. The van der Waals surface area contributed by atoms with E-state index in [1.54, 1.807) is 0 Å². The summed E-state index contributed by atoms with van der Waals surface area (Å²) in [7, 11) is 0. The Bertz CT molecular complexity index is 705. The Morgan fingerprint density at radius 1 is 0.743 bits per heavy atom. The molecule has 0 aliphatic heterocycles. The zero-order chi connectivity index (χ0) is 27.0. The van der Waals surface area contributed by atoms with Gasteiger partial charge >= 0.3 is 11.9 Å². The van der Waals surface area contributed by atoms with Crippen molar-refractivity contribution in [2.24, 2.45) is 17.2 Å². The van der Waals surface area contributed by atoms with Crippen LogP contribution in [0.2, 0.25) is 0 Å². The average molecular weight is 505 g/mol. The maximum absolute atomic E-state index is 12.8. The number of aliphatic hydroxyl groups excluding tert-OH is 1. The number of carboxylic acid groups (broad SMARTS) is 2. The van der Waals surface area contributed by atoms with Crippen LogP contribution in [0.1, 0.15) is 58.3 Å². The third kappa shape index (κ3) is 13.6. The summed E-state index contributed by atoms with van der Waals surface area (Å²) in [4.78, 5) is 60.2. The van der Waals surface area contributed by atoms with E-state index in [-0.39, 0.29) is 12.8 Å². The first-order valence-corrected chi connectivity index (χ1v) is 11.6. The Morgan fingerprint density at radius 3 is 1.77 bits per heavy atom. The Labute approximate surface area is 204 Å². The predicted molar refractivity (Wildman–Crippen MR) is 126 cm³/mol. The van der Waals surface area contributed by atoms with E-state index in [4.69, 9.17) is 22.3 Å². The van der Waals surface area contributed by atoms with E-state index in [1.807, 2.05) is 0 Å². The van der Waals surface area contributed by atoms with Crippen molar-refractivity contribution in [3.05, 3.63) is 0 Å². The summed E-state index contributed by atoms with van der Waals surface area (Å²) < 4.78 is 0. The fourth-order valence-electron chi connectivity index (χ4n) is 3.13. The fraction of sp³-hybridized carbons (Fsp3) is 0.762. The lowest BCUT2D eigenvalue weighted by Gasteiger charge is -2.26. The second-order valence-corrected chi connectivity index (χ2v) is 8.30. The highest BCUT2D eigenvalue weighted by molar-refractivity contribution is 5.94. The summed E-state index contributed by atoms with van der Waals surface area (Å²) in [6.45, 7) is 2.05. The molecule has 202 valence electrons. The summed E-state index contributed by atoms with van der Waals surface area (Å²) in [6, 6.07) is -5.04. The third-order valence-electron chi connectivity index (χ3n) is 5.21. The van der Waals surface area contributed by atoms with Crippen LogP contribution in [-0.2, 0) is 24.0 Å². The maximum Gasteiger partial charge on any atom is 0.326 e.